The highest BCUT2D eigenvalue weighted by molar-refractivity contribution is 5.93. The molecule has 20 heavy (non-hydrogen) atoms. The van der Waals surface area contributed by atoms with E-state index in [9.17, 15) is 9.59 Å². The quantitative estimate of drug-likeness (QED) is 0.891. The molecule has 1 aromatic heterocycles. The van der Waals surface area contributed by atoms with Crippen molar-refractivity contribution in [2.24, 2.45) is 5.92 Å². The molecule has 5 heteroatoms. The number of rotatable bonds is 2. The molecule has 4 rings (SSSR count). The fourth-order valence-corrected chi connectivity index (χ4v) is 3.73. The summed E-state index contributed by atoms with van der Waals surface area (Å²) in [6.45, 7) is 2.97. The van der Waals surface area contributed by atoms with Crippen molar-refractivity contribution in [3.05, 3.63) is 27.9 Å². The molecule has 5 nitrogen and oxygen atoms in total. The summed E-state index contributed by atoms with van der Waals surface area (Å²) in [7, 11) is 0. The molecule has 0 spiro atoms. The van der Waals surface area contributed by atoms with E-state index in [0.29, 0.717) is 23.4 Å². The fraction of sp³-hybridized carbons (Fsp3) is 0.667. The molecular formula is C15H19N3O2. The second-order valence-electron chi connectivity index (χ2n) is 6.63. The van der Waals surface area contributed by atoms with Crippen LogP contribution in [0.2, 0.25) is 0 Å². The zero-order valence-corrected chi connectivity index (χ0v) is 11.7. The molecule has 0 radical (unpaired) electrons. The van der Waals surface area contributed by atoms with Crippen LogP contribution in [0, 0.1) is 5.92 Å². The second kappa shape index (κ2) is 3.93. The lowest BCUT2D eigenvalue weighted by atomic mass is 9.68. The van der Waals surface area contributed by atoms with Crippen molar-refractivity contribution in [2.75, 3.05) is 6.54 Å². The molecule has 3 aliphatic rings. The number of nitrogens with one attached hydrogen (secondary N) is 1. The summed E-state index contributed by atoms with van der Waals surface area (Å²) in [5.41, 5.74) is 0.116. The number of carbonyl (C=O) groups excluding carboxylic acids is 1. The van der Waals surface area contributed by atoms with Gasteiger partial charge in [0.2, 0.25) is 0 Å². The van der Waals surface area contributed by atoms with Crippen LogP contribution in [0.3, 0.4) is 0 Å². The van der Waals surface area contributed by atoms with Crippen LogP contribution in [0.1, 0.15) is 61.3 Å². The van der Waals surface area contributed by atoms with Gasteiger partial charge >= 0.3 is 0 Å². The first-order valence-corrected chi connectivity index (χ1v) is 7.51. The molecule has 0 unspecified atom stereocenters. The maximum absolute atomic E-state index is 12.7. The van der Waals surface area contributed by atoms with Crippen molar-refractivity contribution in [3.63, 3.8) is 0 Å². The highest BCUT2D eigenvalue weighted by atomic mass is 16.2. The third-order valence-corrected chi connectivity index (χ3v) is 5.38. The van der Waals surface area contributed by atoms with Crippen LogP contribution < -0.4 is 5.56 Å². The molecule has 1 saturated heterocycles. The summed E-state index contributed by atoms with van der Waals surface area (Å²) in [6.07, 6.45) is 5.49. The lowest BCUT2D eigenvalue weighted by molar-refractivity contribution is 0.0274. The normalized spacial score (nSPS) is 31.9. The molecule has 0 bridgehead atoms. The van der Waals surface area contributed by atoms with Gasteiger partial charge in [-0.15, -0.1) is 0 Å². The van der Waals surface area contributed by atoms with Gasteiger partial charge in [0.05, 0.1) is 0 Å². The van der Waals surface area contributed by atoms with E-state index in [-0.39, 0.29) is 17.0 Å². The Kier molecular flexibility index (Phi) is 2.38. The monoisotopic (exact) mass is 273 g/mol. The minimum absolute atomic E-state index is 0.00110. The molecular weight excluding hydrogens is 254 g/mol. The highest BCUT2D eigenvalue weighted by Gasteiger charge is 2.53. The molecule has 1 aromatic rings. The lowest BCUT2D eigenvalue weighted by Crippen LogP contribution is -2.54. The van der Waals surface area contributed by atoms with Gasteiger partial charge in [0.15, 0.2) is 0 Å². The predicted octanol–water partition coefficient (Wildman–Crippen LogP) is 1.66. The minimum atomic E-state index is -0.209. The van der Waals surface area contributed by atoms with Crippen LogP contribution in [0.5, 0.6) is 0 Å². The van der Waals surface area contributed by atoms with Gasteiger partial charge in [-0.3, -0.25) is 9.59 Å². The summed E-state index contributed by atoms with van der Waals surface area (Å²) in [5, 5.41) is 0. The molecule has 0 aromatic carbocycles. The van der Waals surface area contributed by atoms with E-state index in [4.69, 9.17) is 0 Å². The summed E-state index contributed by atoms with van der Waals surface area (Å²) < 4.78 is 0. The van der Waals surface area contributed by atoms with E-state index in [1.54, 1.807) is 0 Å². The molecule has 2 aliphatic carbocycles. The van der Waals surface area contributed by atoms with Crippen LogP contribution in [0.15, 0.2) is 10.9 Å². The summed E-state index contributed by atoms with van der Waals surface area (Å²) in [5.74, 6) is 1.61. The lowest BCUT2D eigenvalue weighted by Gasteiger charge is -2.47. The van der Waals surface area contributed by atoms with Crippen molar-refractivity contribution in [1.82, 2.24) is 14.9 Å². The number of amides is 1. The van der Waals surface area contributed by atoms with Crippen molar-refractivity contribution < 1.29 is 4.79 Å². The number of hydrogen-bond donors (Lipinski definition) is 1. The zero-order valence-electron chi connectivity index (χ0n) is 11.7. The maximum atomic E-state index is 12.7. The molecule has 106 valence electrons. The van der Waals surface area contributed by atoms with Gasteiger partial charge in [-0.25, -0.2) is 4.98 Å². The van der Waals surface area contributed by atoms with Crippen molar-refractivity contribution in [3.8, 4) is 0 Å². The van der Waals surface area contributed by atoms with Crippen molar-refractivity contribution in [2.45, 2.75) is 50.5 Å². The Balaban J connectivity index is 1.67. The number of aromatic amines is 1. The van der Waals surface area contributed by atoms with Gasteiger partial charge in [0, 0.05) is 24.1 Å². The number of nitrogens with zero attached hydrogens (tertiary/aromatic N) is 2. The highest BCUT2D eigenvalue weighted by Crippen LogP contribution is 2.50. The van der Waals surface area contributed by atoms with Crippen molar-refractivity contribution >= 4 is 5.91 Å². The van der Waals surface area contributed by atoms with Crippen LogP contribution in [-0.2, 0) is 0 Å². The van der Waals surface area contributed by atoms with Gasteiger partial charge in [-0.2, -0.15) is 0 Å². The van der Waals surface area contributed by atoms with E-state index in [0.717, 1.165) is 32.2 Å². The number of carbonyl (C=O) groups is 1. The van der Waals surface area contributed by atoms with Gasteiger partial charge in [-0.1, -0.05) is 0 Å². The number of likely N-dealkylation sites (tertiary alicyclic amines) is 1. The van der Waals surface area contributed by atoms with Crippen LogP contribution in [-0.4, -0.2) is 32.9 Å². The Morgan fingerprint density at radius 3 is 2.80 bits per heavy atom. The fourth-order valence-electron chi connectivity index (χ4n) is 3.73. The minimum Gasteiger partial charge on any atom is -0.332 e. The number of hydrogen-bond acceptors (Lipinski definition) is 3. The SMILES string of the molecule is C[C@]12CC[C@H]1CCN2C(=O)c1cc(=O)[nH]c(C2CC2)n1. The van der Waals surface area contributed by atoms with E-state index in [2.05, 4.69) is 16.9 Å². The maximum Gasteiger partial charge on any atom is 0.273 e. The Morgan fingerprint density at radius 2 is 2.20 bits per heavy atom. The largest absolute Gasteiger partial charge is 0.332 e. The summed E-state index contributed by atoms with van der Waals surface area (Å²) in [4.78, 5) is 33.5. The molecule has 2 atom stereocenters. The molecule has 2 saturated carbocycles. The van der Waals surface area contributed by atoms with Crippen LogP contribution in [0.4, 0.5) is 0 Å². The van der Waals surface area contributed by atoms with Gasteiger partial charge in [0.1, 0.15) is 11.5 Å². The average Bonchev–Trinajstić information content (AvgIpc) is 3.21. The molecule has 3 fully saturated rings. The standard InChI is InChI=1S/C15H19N3O2/c1-15-6-4-10(15)5-7-18(15)14(20)11-8-12(19)17-13(16-11)9-2-3-9/h8-10H,2-7H2,1H3,(H,16,17,19)/t10-,15-/m0/s1. The van der Waals surface area contributed by atoms with E-state index in [1.807, 2.05) is 4.90 Å². The van der Waals surface area contributed by atoms with Crippen LogP contribution in [0.25, 0.3) is 0 Å². The molecule has 1 N–H and O–H groups in total. The molecule has 2 heterocycles. The number of fused-ring (bicyclic) bond motifs is 1. The Bertz CT molecular complexity index is 634. The van der Waals surface area contributed by atoms with Gasteiger partial charge in [0.25, 0.3) is 11.5 Å². The van der Waals surface area contributed by atoms with Crippen LogP contribution >= 0.6 is 0 Å². The average molecular weight is 273 g/mol. The number of H-pyrrole nitrogens is 1. The third kappa shape index (κ3) is 1.65. The smallest absolute Gasteiger partial charge is 0.273 e. The third-order valence-electron chi connectivity index (χ3n) is 5.38. The first-order valence-electron chi connectivity index (χ1n) is 7.51. The number of aromatic nitrogens is 2. The predicted molar refractivity (Wildman–Crippen MR) is 73.6 cm³/mol. The zero-order chi connectivity index (χ0) is 13.9. The molecule has 1 aliphatic heterocycles. The van der Waals surface area contributed by atoms with E-state index >= 15 is 0 Å². The first kappa shape index (κ1) is 12.1. The first-order chi connectivity index (χ1) is 9.58. The van der Waals surface area contributed by atoms with Gasteiger partial charge in [-0.05, 0) is 44.9 Å². The Labute approximate surface area is 117 Å². The summed E-state index contributed by atoms with van der Waals surface area (Å²) >= 11 is 0. The van der Waals surface area contributed by atoms with Crippen molar-refractivity contribution in [1.29, 1.82) is 0 Å². The Morgan fingerprint density at radius 1 is 1.40 bits per heavy atom. The van der Waals surface area contributed by atoms with Gasteiger partial charge < -0.3 is 9.88 Å². The molecule has 1 amide bonds. The topological polar surface area (TPSA) is 66.1 Å². The van der Waals surface area contributed by atoms with E-state index in [1.165, 1.54) is 12.5 Å². The Hall–Kier alpha value is -1.65. The summed E-state index contributed by atoms with van der Waals surface area (Å²) in [6, 6.07) is 1.35. The van der Waals surface area contributed by atoms with E-state index < -0.39 is 0 Å². The second-order valence-corrected chi connectivity index (χ2v) is 6.63.